The van der Waals surface area contributed by atoms with Crippen LogP contribution in [-0.4, -0.2) is 19.0 Å². The SMILES string of the molecule is COC(=O)[C@H](Cc1ccccc1)C(N)=O. The molecule has 0 saturated carbocycles. The Morgan fingerprint density at radius 2 is 1.93 bits per heavy atom. The number of benzene rings is 1. The molecule has 0 aliphatic rings. The average Bonchev–Trinajstić information content (AvgIpc) is 2.26. The summed E-state index contributed by atoms with van der Waals surface area (Å²) in [5.74, 6) is -2.16. The normalized spacial score (nSPS) is 11.8. The van der Waals surface area contributed by atoms with Gasteiger partial charge in [-0.2, -0.15) is 0 Å². The van der Waals surface area contributed by atoms with Gasteiger partial charge in [0.15, 0.2) is 0 Å². The van der Waals surface area contributed by atoms with Gasteiger partial charge in [0, 0.05) is 0 Å². The molecular weight excluding hydrogens is 194 g/mol. The molecule has 2 N–H and O–H groups in total. The average molecular weight is 207 g/mol. The van der Waals surface area contributed by atoms with Crippen LogP contribution in [-0.2, 0) is 20.7 Å². The Morgan fingerprint density at radius 1 is 1.33 bits per heavy atom. The van der Waals surface area contributed by atoms with Crippen LogP contribution in [0.2, 0.25) is 0 Å². The highest BCUT2D eigenvalue weighted by Gasteiger charge is 2.25. The zero-order valence-corrected chi connectivity index (χ0v) is 8.47. The van der Waals surface area contributed by atoms with Crippen LogP contribution in [0.4, 0.5) is 0 Å². The van der Waals surface area contributed by atoms with E-state index in [-0.39, 0.29) is 6.42 Å². The van der Waals surface area contributed by atoms with Gasteiger partial charge in [-0.3, -0.25) is 9.59 Å². The molecule has 0 radical (unpaired) electrons. The predicted molar refractivity (Wildman–Crippen MR) is 54.8 cm³/mol. The minimum Gasteiger partial charge on any atom is -0.468 e. The summed E-state index contributed by atoms with van der Waals surface area (Å²) in [6, 6.07) is 9.20. The lowest BCUT2D eigenvalue weighted by Crippen LogP contribution is -2.32. The summed E-state index contributed by atoms with van der Waals surface area (Å²) in [4.78, 5) is 22.3. The Hall–Kier alpha value is -1.84. The number of carbonyl (C=O) groups excluding carboxylic acids is 2. The lowest BCUT2D eigenvalue weighted by Gasteiger charge is -2.10. The topological polar surface area (TPSA) is 69.4 Å². The minimum absolute atomic E-state index is 0.281. The molecule has 1 aromatic carbocycles. The van der Waals surface area contributed by atoms with Crippen LogP contribution in [0.25, 0.3) is 0 Å². The highest BCUT2D eigenvalue weighted by molar-refractivity contribution is 5.97. The van der Waals surface area contributed by atoms with Crippen LogP contribution in [0, 0.1) is 5.92 Å². The molecule has 4 heteroatoms. The van der Waals surface area contributed by atoms with Crippen LogP contribution >= 0.6 is 0 Å². The summed E-state index contributed by atoms with van der Waals surface area (Å²) in [6.07, 6.45) is 0.281. The molecule has 1 atom stereocenters. The van der Waals surface area contributed by atoms with Gasteiger partial charge in [0.05, 0.1) is 7.11 Å². The van der Waals surface area contributed by atoms with Gasteiger partial charge in [0.25, 0.3) is 0 Å². The Bertz CT molecular complexity index is 348. The molecule has 0 fully saturated rings. The Labute approximate surface area is 88.0 Å². The minimum atomic E-state index is -0.905. The number of methoxy groups -OCH3 is 1. The number of hydrogen-bond donors (Lipinski definition) is 1. The second-order valence-electron chi connectivity index (χ2n) is 3.17. The number of esters is 1. The van der Waals surface area contributed by atoms with Crippen LogP contribution in [0.5, 0.6) is 0 Å². The van der Waals surface area contributed by atoms with E-state index in [1.54, 1.807) is 0 Å². The van der Waals surface area contributed by atoms with Crippen LogP contribution in [0.15, 0.2) is 30.3 Å². The summed E-state index contributed by atoms with van der Waals surface area (Å²) in [5.41, 5.74) is 6.00. The molecule has 0 heterocycles. The molecule has 1 aromatic rings. The summed E-state index contributed by atoms with van der Waals surface area (Å²) in [5, 5.41) is 0. The van der Waals surface area contributed by atoms with Crippen LogP contribution < -0.4 is 5.73 Å². The fraction of sp³-hybridized carbons (Fsp3) is 0.273. The van der Waals surface area contributed by atoms with E-state index in [0.717, 1.165) is 5.56 Å². The van der Waals surface area contributed by atoms with Gasteiger partial charge in [-0.15, -0.1) is 0 Å². The van der Waals surface area contributed by atoms with E-state index in [1.165, 1.54) is 7.11 Å². The Kier molecular flexibility index (Phi) is 3.85. The number of hydrogen-bond acceptors (Lipinski definition) is 3. The maximum atomic E-state index is 11.2. The third-order valence-corrected chi connectivity index (χ3v) is 2.11. The Morgan fingerprint density at radius 3 is 2.40 bits per heavy atom. The van der Waals surface area contributed by atoms with Crippen molar-refractivity contribution in [1.29, 1.82) is 0 Å². The van der Waals surface area contributed by atoms with Crippen molar-refractivity contribution in [2.24, 2.45) is 11.7 Å². The van der Waals surface area contributed by atoms with Crippen molar-refractivity contribution >= 4 is 11.9 Å². The number of rotatable bonds is 4. The largest absolute Gasteiger partial charge is 0.468 e. The molecule has 0 bridgehead atoms. The van der Waals surface area contributed by atoms with Gasteiger partial charge in [0.2, 0.25) is 5.91 Å². The summed E-state index contributed by atoms with van der Waals surface area (Å²) in [6.45, 7) is 0. The molecule has 0 aliphatic heterocycles. The molecule has 80 valence electrons. The standard InChI is InChI=1S/C11H13NO3/c1-15-11(14)9(10(12)13)7-8-5-3-2-4-6-8/h2-6,9H,7H2,1H3,(H2,12,13)/t9-/m1/s1. The van der Waals surface area contributed by atoms with Crippen molar-refractivity contribution in [1.82, 2.24) is 0 Å². The molecule has 0 saturated heterocycles. The second-order valence-corrected chi connectivity index (χ2v) is 3.17. The monoisotopic (exact) mass is 207 g/mol. The van der Waals surface area contributed by atoms with Gasteiger partial charge in [0.1, 0.15) is 5.92 Å². The molecule has 0 spiro atoms. The van der Waals surface area contributed by atoms with Crippen molar-refractivity contribution in [3.8, 4) is 0 Å². The summed E-state index contributed by atoms with van der Waals surface area (Å²) >= 11 is 0. The highest BCUT2D eigenvalue weighted by Crippen LogP contribution is 2.09. The maximum absolute atomic E-state index is 11.2. The first-order chi connectivity index (χ1) is 7.15. The van der Waals surface area contributed by atoms with Crippen LogP contribution in [0.3, 0.4) is 0 Å². The van der Waals surface area contributed by atoms with Crippen molar-refractivity contribution < 1.29 is 14.3 Å². The van der Waals surface area contributed by atoms with Crippen LogP contribution in [0.1, 0.15) is 5.56 Å². The highest BCUT2D eigenvalue weighted by atomic mass is 16.5. The number of primary amides is 1. The third kappa shape index (κ3) is 3.09. The van der Waals surface area contributed by atoms with E-state index in [1.807, 2.05) is 30.3 Å². The van der Waals surface area contributed by atoms with E-state index in [4.69, 9.17) is 5.73 Å². The smallest absolute Gasteiger partial charge is 0.318 e. The lowest BCUT2D eigenvalue weighted by atomic mass is 9.99. The van der Waals surface area contributed by atoms with Crippen molar-refractivity contribution in [2.75, 3.05) is 7.11 Å². The first kappa shape index (κ1) is 11.2. The third-order valence-electron chi connectivity index (χ3n) is 2.11. The zero-order valence-electron chi connectivity index (χ0n) is 8.47. The van der Waals surface area contributed by atoms with E-state index in [9.17, 15) is 9.59 Å². The van der Waals surface area contributed by atoms with E-state index in [0.29, 0.717) is 0 Å². The zero-order chi connectivity index (χ0) is 11.3. The molecule has 1 rings (SSSR count). The molecule has 0 aliphatic carbocycles. The van der Waals surface area contributed by atoms with Gasteiger partial charge in [-0.1, -0.05) is 30.3 Å². The fourth-order valence-electron chi connectivity index (χ4n) is 1.29. The Balaban J connectivity index is 2.76. The van der Waals surface area contributed by atoms with E-state index < -0.39 is 17.8 Å². The molecular formula is C11H13NO3. The van der Waals surface area contributed by atoms with Gasteiger partial charge < -0.3 is 10.5 Å². The van der Waals surface area contributed by atoms with Gasteiger partial charge in [-0.05, 0) is 12.0 Å². The predicted octanol–water partition coefficient (Wildman–Crippen LogP) is 0.504. The number of amides is 1. The van der Waals surface area contributed by atoms with Crippen molar-refractivity contribution in [3.05, 3.63) is 35.9 Å². The van der Waals surface area contributed by atoms with E-state index in [2.05, 4.69) is 4.74 Å². The summed E-state index contributed by atoms with van der Waals surface area (Å²) in [7, 11) is 1.24. The van der Waals surface area contributed by atoms with Gasteiger partial charge in [-0.25, -0.2) is 0 Å². The summed E-state index contributed by atoms with van der Waals surface area (Å²) < 4.78 is 4.51. The molecule has 1 amide bonds. The number of nitrogens with two attached hydrogens (primary N) is 1. The number of carbonyl (C=O) groups is 2. The fourth-order valence-corrected chi connectivity index (χ4v) is 1.29. The quantitative estimate of drug-likeness (QED) is 0.577. The molecule has 15 heavy (non-hydrogen) atoms. The first-order valence-electron chi connectivity index (χ1n) is 4.56. The maximum Gasteiger partial charge on any atom is 0.318 e. The van der Waals surface area contributed by atoms with Crippen molar-refractivity contribution in [3.63, 3.8) is 0 Å². The van der Waals surface area contributed by atoms with E-state index >= 15 is 0 Å². The second kappa shape index (κ2) is 5.14. The molecule has 0 aromatic heterocycles. The first-order valence-corrected chi connectivity index (χ1v) is 4.56. The number of ether oxygens (including phenoxy) is 1. The van der Waals surface area contributed by atoms with Crippen molar-refractivity contribution in [2.45, 2.75) is 6.42 Å². The molecule has 4 nitrogen and oxygen atoms in total. The lowest BCUT2D eigenvalue weighted by molar-refractivity contribution is -0.149. The molecule has 0 unspecified atom stereocenters. The van der Waals surface area contributed by atoms with Gasteiger partial charge >= 0.3 is 5.97 Å².